The number of ketones is 1. The van der Waals surface area contributed by atoms with Gasteiger partial charge in [-0.1, -0.05) is 46.8 Å². The van der Waals surface area contributed by atoms with Crippen molar-refractivity contribution in [1.29, 1.82) is 0 Å². The van der Waals surface area contributed by atoms with Crippen LogP contribution in [0.15, 0.2) is 46.8 Å². The molecule has 4 aliphatic heterocycles. The highest BCUT2D eigenvalue weighted by Crippen LogP contribution is 2.45. The van der Waals surface area contributed by atoms with Gasteiger partial charge >= 0.3 is 59.5 Å². The molecule has 5 unspecified atom stereocenters. The maximum atomic E-state index is 11.9. The lowest BCUT2D eigenvalue weighted by Gasteiger charge is -2.32. The summed E-state index contributed by atoms with van der Waals surface area (Å²) < 4.78 is 170. The molecule has 504 valence electrons. The van der Waals surface area contributed by atoms with Crippen molar-refractivity contribution in [3.8, 4) is 0 Å². The first-order chi connectivity index (χ1) is 39.7. The summed E-state index contributed by atoms with van der Waals surface area (Å²) in [7, 11) is -12.2. The van der Waals surface area contributed by atoms with Crippen LogP contribution >= 0.6 is 0 Å². The smallest absolute Gasteiger partial charge is 0.405 e. The van der Waals surface area contributed by atoms with Crippen LogP contribution < -0.4 is 0 Å². The molecule has 1 saturated carbocycles. The summed E-state index contributed by atoms with van der Waals surface area (Å²) in [4.78, 5) is 10.7. The van der Waals surface area contributed by atoms with Crippen LogP contribution in [0.4, 0.5) is 26.3 Å². The number of hydrogen-bond acceptors (Lipinski definition) is 15. The van der Waals surface area contributed by atoms with Crippen molar-refractivity contribution in [3.63, 3.8) is 0 Å². The van der Waals surface area contributed by atoms with E-state index in [-0.39, 0.29) is 95.2 Å². The Hall–Kier alpha value is -2.35. The van der Waals surface area contributed by atoms with Gasteiger partial charge in [0.05, 0.1) is 44.8 Å². The fraction of sp³-hybridized carbons (Fsp3) is 0.852. The lowest BCUT2D eigenvalue weighted by molar-refractivity contribution is -0.121. The van der Waals surface area contributed by atoms with E-state index in [0.717, 1.165) is 50.9 Å². The summed E-state index contributed by atoms with van der Waals surface area (Å²) in [6.45, 7) is 43.4. The average molecular weight is 1300 g/mol. The molecule has 15 nitrogen and oxygen atoms in total. The van der Waals surface area contributed by atoms with Crippen LogP contribution in [0.3, 0.4) is 0 Å². The third-order valence-electron chi connectivity index (χ3n) is 19.0. The van der Waals surface area contributed by atoms with Crippen LogP contribution in [0.2, 0.25) is 0 Å². The van der Waals surface area contributed by atoms with Gasteiger partial charge in [-0.05, 0) is 241 Å². The number of Topliss-reactive ketones (excluding diaryl/α,β-unsaturated/α-hetero) is 1. The van der Waals surface area contributed by atoms with E-state index in [9.17, 15) is 48.0 Å². The second-order valence-electron chi connectivity index (χ2n) is 29.5. The van der Waals surface area contributed by atoms with Gasteiger partial charge in [0.25, 0.3) is 0 Å². The summed E-state index contributed by atoms with van der Waals surface area (Å²) in [5.74, 6) is 2.55. The first-order valence-electron chi connectivity index (χ1n) is 31.5. The Morgan fingerprint density at radius 2 is 0.761 bits per heavy atom. The quantitative estimate of drug-likeness (QED) is 0.102. The van der Waals surface area contributed by atoms with Crippen LogP contribution in [0, 0.1) is 29.6 Å². The van der Waals surface area contributed by atoms with E-state index in [2.05, 4.69) is 96.7 Å². The molecule has 9 aliphatic rings. The molecule has 0 bridgehead atoms. The standard InChI is InChI=1S/2C13H23BO2.C12H24B2O4.2C8H11F3O3S.C7H12O/c2*1-10-7-6-8-11(9-10)14-15-12(2,3)13(4,5)16-14;1-9(2)10(3,4)16-13(15-9)14-17-11(5,6)12(7,8)18-14;2*1-6-3-2-4-7(5-6)14-15(12,13)8(9,10)11;1-6-3-2-4-7(8)5-6/h9-10H,6-8H2,1-5H3;8,10H,6-7,9H2,1-5H3;1-8H3;5-6H,2-4H2,1H3;4,6H,2-3,5H2,1H3;6H,2-5H2,1H3. The minimum Gasteiger partial charge on any atom is -0.405 e. The number of carbonyl (C=O) groups excluding carboxylic acids is 1. The molecule has 88 heavy (non-hydrogen) atoms. The van der Waals surface area contributed by atoms with Crippen molar-refractivity contribution < 1.29 is 93.6 Å². The summed E-state index contributed by atoms with van der Waals surface area (Å²) in [6, 6.07) is 0. The fourth-order valence-electron chi connectivity index (χ4n) is 10.6. The molecule has 0 spiro atoms. The SMILES string of the molecule is CC1(C)OB(B2OC(C)(C)C(C)(C)O2)OC1(C)C.CC1C=C(B2OC(C)(C)C(C)(C)O2)CCC1.CC1C=C(OS(=O)(=O)C(F)(F)F)CCC1.CC1CCC=C(B2OC(C)(C)C(C)(C)O2)C1.CC1CCC=C(OS(=O)(=O)C(F)(F)F)C1.CC1CCCC(=O)C1. The molecule has 0 N–H and O–H groups in total. The summed E-state index contributed by atoms with van der Waals surface area (Å²) in [5.41, 5.74) is -10.3. The Morgan fingerprint density at radius 3 is 1.11 bits per heavy atom. The molecule has 9 rings (SSSR count). The van der Waals surface area contributed by atoms with E-state index in [4.69, 9.17) is 37.2 Å². The Kier molecular flexibility index (Phi) is 26.2. The molecule has 5 aliphatic carbocycles. The number of hydrogen-bond donors (Lipinski definition) is 0. The molecule has 4 heterocycles. The van der Waals surface area contributed by atoms with Crippen LogP contribution in [0.1, 0.15) is 248 Å². The molecule has 0 radical (unpaired) electrons. The molecule has 0 aromatic rings. The van der Waals surface area contributed by atoms with Crippen molar-refractivity contribution in [2.75, 3.05) is 0 Å². The van der Waals surface area contributed by atoms with Gasteiger partial charge in [0.2, 0.25) is 0 Å². The highest BCUT2D eigenvalue weighted by molar-refractivity contribution is 7.88. The first-order valence-corrected chi connectivity index (χ1v) is 34.3. The van der Waals surface area contributed by atoms with E-state index in [1.807, 2.05) is 62.3 Å². The van der Waals surface area contributed by atoms with E-state index in [1.165, 1.54) is 55.2 Å². The van der Waals surface area contributed by atoms with Gasteiger partial charge in [-0.3, -0.25) is 4.79 Å². The Morgan fingerprint density at radius 1 is 0.420 bits per heavy atom. The van der Waals surface area contributed by atoms with Crippen LogP contribution in [-0.2, 0) is 70.6 Å². The maximum absolute atomic E-state index is 11.9. The van der Waals surface area contributed by atoms with Crippen molar-refractivity contribution in [1.82, 2.24) is 0 Å². The van der Waals surface area contributed by atoms with Crippen molar-refractivity contribution in [2.45, 2.75) is 304 Å². The summed E-state index contributed by atoms with van der Waals surface area (Å²) in [6.07, 6.45) is 22.1. The van der Waals surface area contributed by atoms with Crippen molar-refractivity contribution in [3.05, 3.63) is 46.8 Å². The van der Waals surface area contributed by atoms with Crippen LogP contribution in [0.25, 0.3) is 0 Å². The normalized spacial score (nSPS) is 29.2. The lowest BCUT2D eigenvalue weighted by Crippen LogP contribution is -2.41. The number of halogens is 6. The van der Waals surface area contributed by atoms with Gasteiger partial charge in [0.1, 0.15) is 17.3 Å². The zero-order chi connectivity index (χ0) is 67.3. The molecule has 4 saturated heterocycles. The zero-order valence-corrected chi connectivity index (χ0v) is 58.2. The third-order valence-corrected chi connectivity index (χ3v) is 21.0. The van der Waals surface area contributed by atoms with E-state index in [0.29, 0.717) is 30.5 Å². The van der Waals surface area contributed by atoms with Crippen LogP contribution in [0.5, 0.6) is 0 Å². The molecule has 0 aromatic heterocycles. The largest absolute Gasteiger partial charge is 0.534 e. The molecule has 5 fully saturated rings. The van der Waals surface area contributed by atoms with Crippen molar-refractivity contribution >= 4 is 54.3 Å². The van der Waals surface area contributed by atoms with Gasteiger partial charge in [0, 0.05) is 25.7 Å². The number of allylic oxidation sites excluding steroid dienone is 8. The van der Waals surface area contributed by atoms with Gasteiger partial charge in [-0.15, -0.1) is 0 Å². The average Bonchev–Trinajstić information content (AvgIpc) is 1.72. The molecule has 5 atom stereocenters. The molecular formula is C61H104B4F6O15S2. The summed E-state index contributed by atoms with van der Waals surface area (Å²) >= 11 is 0. The van der Waals surface area contributed by atoms with E-state index in [1.54, 1.807) is 6.92 Å². The Bertz CT molecular complexity index is 2610. The first kappa shape index (κ1) is 78.1. The molecule has 0 amide bonds. The third kappa shape index (κ3) is 21.3. The van der Waals surface area contributed by atoms with Gasteiger partial charge < -0.3 is 45.6 Å². The molecule has 27 heteroatoms. The topological polar surface area (TPSA) is 178 Å². The number of carbonyl (C=O) groups is 1. The van der Waals surface area contributed by atoms with Gasteiger partial charge in [-0.25, -0.2) is 0 Å². The van der Waals surface area contributed by atoms with Crippen molar-refractivity contribution in [2.24, 2.45) is 29.6 Å². The van der Waals surface area contributed by atoms with Crippen LogP contribution in [-0.4, -0.2) is 107 Å². The zero-order valence-electron chi connectivity index (χ0n) is 56.5. The summed E-state index contributed by atoms with van der Waals surface area (Å²) in [5, 5.41) is 0. The van der Waals surface area contributed by atoms with Gasteiger partial charge in [-0.2, -0.15) is 43.2 Å². The molecular weight excluding hydrogens is 1190 g/mol. The predicted molar refractivity (Wildman–Crippen MR) is 333 cm³/mol. The maximum Gasteiger partial charge on any atom is 0.534 e. The number of alkyl halides is 6. The second kappa shape index (κ2) is 29.5. The lowest BCUT2D eigenvalue weighted by atomic mass is 9.49. The highest BCUT2D eigenvalue weighted by Gasteiger charge is 2.64. The Balaban J connectivity index is 0.000000228. The Labute approximate surface area is 525 Å². The van der Waals surface area contributed by atoms with E-state index >= 15 is 0 Å². The monoisotopic (exact) mass is 1300 g/mol. The predicted octanol–water partition coefficient (Wildman–Crippen LogP) is 15.9. The van der Waals surface area contributed by atoms with E-state index < -0.39 is 45.3 Å². The number of rotatable bonds is 7. The minimum absolute atomic E-state index is 0.0529. The second-order valence-corrected chi connectivity index (χ2v) is 32.5. The molecule has 0 aromatic carbocycles. The highest BCUT2D eigenvalue weighted by atomic mass is 32.2. The van der Waals surface area contributed by atoms with Gasteiger partial charge in [0.15, 0.2) is 0 Å². The minimum atomic E-state index is -5.49. The fourth-order valence-corrected chi connectivity index (χ4v) is 11.6.